The Morgan fingerprint density at radius 3 is 2.78 bits per heavy atom. The molecule has 0 unspecified atom stereocenters. The number of ether oxygens (including phenoxy) is 2. The molecule has 7 nitrogen and oxygen atoms in total. The fourth-order valence-corrected chi connectivity index (χ4v) is 2.96. The van der Waals surface area contributed by atoms with Gasteiger partial charge in [0.2, 0.25) is 0 Å². The van der Waals surface area contributed by atoms with Gasteiger partial charge in [0, 0.05) is 30.8 Å². The number of halogens is 1. The van der Waals surface area contributed by atoms with Crippen molar-refractivity contribution >= 4 is 17.5 Å². The van der Waals surface area contributed by atoms with Crippen molar-refractivity contribution in [2.24, 2.45) is 0 Å². The number of nitrogens with one attached hydrogen (secondary N) is 2. The molecule has 27 heavy (non-hydrogen) atoms. The van der Waals surface area contributed by atoms with Crippen LogP contribution in [0.5, 0.6) is 5.75 Å². The van der Waals surface area contributed by atoms with Crippen LogP contribution < -0.4 is 15.0 Å². The molecule has 2 aromatic heterocycles. The van der Waals surface area contributed by atoms with Crippen molar-refractivity contribution in [2.45, 2.75) is 0 Å². The van der Waals surface area contributed by atoms with Crippen LogP contribution in [0, 0.1) is 5.82 Å². The molecule has 8 heteroatoms. The highest BCUT2D eigenvalue weighted by Gasteiger charge is 2.14. The Hall–Kier alpha value is -3.13. The quantitative estimate of drug-likeness (QED) is 0.719. The van der Waals surface area contributed by atoms with E-state index >= 15 is 0 Å². The number of aromatic amines is 1. The lowest BCUT2D eigenvalue weighted by atomic mass is 10.1. The summed E-state index contributed by atoms with van der Waals surface area (Å²) in [6.07, 6.45) is 0. The van der Waals surface area contributed by atoms with Gasteiger partial charge in [-0.1, -0.05) is 6.07 Å². The SMILES string of the molecule is COc1ccc(-c2cc(Nc3cccc(N4CCOCC4)n3)n[nH]2)c(F)c1. The van der Waals surface area contributed by atoms with Crippen molar-refractivity contribution in [3.8, 4) is 17.0 Å². The van der Waals surface area contributed by atoms with Crippen LogP contribution in [-0.2, 0) is 4.74 Å². The van der Waals surface area contributed by atoms with Gasteiger partial charge in [0.05, 0.1) is 26.0 Å². The lowest BCUT2D eigenvalue weighted by Crippen LogP contribution is -2.36. The molecule has 3 aromatic rings. The summed E-state index contributed by atoms with van der Waals surface area (Å²) in [5.41, 5.74) is 0.994. The minimum absolute atomic E-state index is 0.378. The molecule has 140 valence electrons. The van der Waals surface area contributed by atoms with E-state index in [1.165, 1.54) is 13.2 Å². The molecule has 0 saturated carbocycles. The molecule has 0 amide bonds. The van der Waals surface area contributed by atoms with Gasteiger partial charge in [-0.2, -0.15) is 5.10 Å². The zero-order valence-electron chi connectivity index (χ0n) is 14.9. The fourth-order valence-electron chi connectivity index (χ4n) is 2.96. The van der Waals surface area contributed by atoms with Gasteiger partial charge in [0.1, 0.15) is 23.2 Å². The van der Waals surface area contributed by atoms with Crippen molar-refractivity contribution in [1.82, 2.24) is 15.2 Å². The molecule has 1 aliphatic rings. The van der Waals surface area contributed by atoms with Gasteiger partial charge < -0.3 is 19.7 Å². The van der Waals surface area contributed by atoms with E-state index in [-0.39, 0.29) is 5.82 Å². The van der Waals surface area contributed by atoms with Crippen LogP contribution >= 0.6 is 0 Å². The summed E-state index contributed by atoms with van der Waals surface area (Å²) in [6, 6.07) is 12.2. The first-order valence-corrected chi connectivity index (χ1v) is 8.69. The molecule has 1 aromatic carbocycles. The fraction of sp³-hybridized carbons (Fsp3) is 0.263. The number of nitrogens with zero attached hydrogens (tertiary/aromatic N) is 3. The van der Waals surface area contributed by atoms with E-state index in [2.05, 4.69) is 25.4 Å². The van der Waals surface area contributed by atoms with Gasteiger partial charge in [-0.3, -0.25) is 5.10 Å². The molecule has 0 radical (unpaired) electrons. The number of morpholine rings is 1. The Kier molecular flexibility index (Phi) is 4.88. The predicted octanol–water partition coefficient (Wildman–Crippen LogP) is 3.20. The topological polar surface area (TPSA) is 75.3 Å². The zero-order chi connectivity index (χ0) is 18.6. The van der Waals surface area contributed by atoms with Crippen LogP contribution in [0.4, 0.5) is 21.8 Å². The van der Waals surface area contributed by atoms with E-state index in [1.807, 2.05) is 18.2 Å². The highest BCUT2D eigenvalue weighted by molar-refractivity contribution is 5.66. The summed E-state index contributed by atoms with van der Waals surface area (Å²) in [4.78, 5) is 6.81. The van der Waals surface area contributed by atoms with E-state index in [1.54, 1.807) is 18.2 Å². The molecule has 0 spiro atoms. The monoisotopic (exact) mass is 369 g/mol. The summed E-state index contributed by atoms with van der Waals surface area (Å²) in [6.45, 7) is 3.05. The summed E-state index contributed by atoms with van der Waals surface area (Å²) >= 11 is 0. The molecule has 1 fully saturated rings. The number of anilines is 3. The minimum atomic E-state index is -0.378. The minimum Gasteiger partial charge on any atom is -0.497 e. The zero-order valence-corrected chi connectivity index (χ0v) is 14.9. The van der Waals surface area contributed by atoms with Crippen molar-refractivity contribution in [2.75, 3.05) is 43.6 Å². The molecule has 1 saturated heterocycles. The average molecular weight is 369 g/mol. The third-order valence-corrected chi connectivity index (χ3v) is 4.37. The second kappa shape index (κ2) is 7.63. The largest absolute Gasteiger partial charge is 0.497 e. The molecule has 2 N–H and O–H groups in total. The number of H-pyrrole nitrogens is 1. The van der Waals surface area contributed by atoms with Crippen LogP contribution in [0.25, 0.3) is 11.3 Å². The van der Waals surface area contributed by atoms with Crippen LogP contribution in [0.1, 0.15) is 0 Å². The maximum atomic E-state index is 14.2. The van der Waals surface area contributed by atoms with Crippen LogP contribution in [-0.4, -0.2) is 48.6 Å². The van der Waals surface area contributed by atoms with E-state index < -0.39 is 0 Å². The Bertz CT molecular complexity index is 924. The summed E-state index contributed by atoms with van der Waals surface area (Å²) < 4.78 is 24.7. The lowest BCUT2D eigenvalue weighted by Gasteiger charge is -2.27. The highest BCUT2D eigenvalue weighted by atomic mass is 19.1. The highest BCUT2D eigenvalue weighted by Crippen LogP contribution is 2.27. The molecule has 1 aliphatic heterocycles. The number of methoxy groups -OCH3 is 1. The van der Waals surface area contributed by atoms with E-state index in [0.717, 1.165) is 18.9 Å². The van der Waals surface area contributed by atoms with Gasteiger partial charge >= 0.3 is 0 Å². The van der Waals surface area contributed by atoms with Gasteiger partial charge in [-0.25, -0.2) is 9.37 Å². The molecule has 0 atom stereocenters. The Morgan fingerprint density at radius 1 is 1.15 bits per heavy atom. The molecule has 4 rings (SSSR count). The number of aromatic nitrogens is 3. The van der Waals surface area contributed by atoms with Gasteiger partial charge in [-0.05, 0) is 24.3 Å². The Morgan fingerprint density at radius 2 is 2.00 bits per heavy atom. The third kappa shape index (κ3) is 3.85. The van der Waals surface area contributed by atoms with Gasteiger partial charge in [0.15, 0.2) is 5.82 Å². The maximum absolute atomic E-state index is 14.2. The maximum Gasteiger partial charge on any atom is 0.153 e. The smallest absolute Gasteiger partial charge is 0.153 e. The number of rotatable bonds is 5. The molecule has 0 bridgehead atoms. The Labute approximate surface area is 156 Å². The molecule has 0 aliphatic carbocycles. The average Bonchev–Trinajstić information content (AvgIpc) is 3.17. The van der Waals surface area contributed by atoms with Crippen LogP contribution in [0.2, 0.25) is 0 Å². The lowest BCUT2D eigenvalue weighted by molar-refractivity contribution is 0.122. The van der Waals surface area contributed by atoms with Gasteiger partial charge in [-0.15, -0.1) is 0 Å². The molecule has 3 heterocycles. The second-order valence-corrected chi connectivity index (χ2v) is 6.12. The predicted molar refractivity (Wildman–Crippen MR) is 101 cm³/mol. The first-order chi connectivity index (χ1) is 13.2. The summed E-state index contributed by atoms with van der Waals surface area (Å²) in [7, 11) is 1.50. The van der Waals surface area contributed by atoms with Crippen molar-refractivity contribution < 1.29 is 13.9 Å². The van der Waals surface area contributed by atoms with E-state index in [4.69, 9.17) is 9.47 Å². The second-order valence-electron chi connectivity index (χ2n) is 6.12. The number of hydrogen-bond donors (Lipinski definition) is 2. The van der Waals surface area contributed by atoms with Crippen molar-refractivity contribution in [1.29, 1.82) is 0 Å². The normalized spacial score (nSPS) is 14.2. The number of pyridine rings is 1. The third-order valence-electron chi connectivity index (χ3n) is 4.37. The standard InChI is InChI=1S/C19H20FN5O2/c1-26-13-5-6-14(15(20)11-13)16-12-18(24-23-16)21-17-3-2-4-19(22-17)25-7-9-27-10-8-25/h2-6,11-12H,7-10H2,1H3,(H2,21,22,23,24). The first kappa shape index (κ1) is 17.3. The van der Waals surface area contributed by atoms with E-state index in [9.17, 15) is 4.39 Å². The summed E-state index contributed by atoms with van der Waals surface area (Å²) in [5.74, 6) is 2.22. The van der Waals surface area contributed by atoms with Crippen LogP contribution in [0.3, 0.4) is 0 Å². The molecular formula is C19H20FN5O2. The Balaban J connectivity index is 1.51. The van der Waals surface area contributed by atoms with Gasteiger partial charge in [0.25, 0.3) is 0 Å². The molecular weight excluding hydrogens is 349 g/mol. The number of hydrogen-bond acceptors (Lipinski definition) is 6. The number of benzene rings is 1. The van der Waals surface area contributed by atoms with E-state index in [0.29, 0.717) is 41.9 Å². The van der Waals surface area contributed by atoms with Crippen molar-refractivity contribution in [3.05, 3.63) is 48.3 Å². The van der Waals surface area contributed by atoms with Crippen LogP contribution in [0.15, 0.2) is 42.5 Å². The first-order valence-electron chi connectivity index (χ1n) is 8.69. The van der Waals surface area contributed by atoms with Crippen molar-refractivity contribution in [3.63, 3.8) is 0 Å². The summed E-state index contributed by atoms with van der Waals surface area (Å²) in [5, 5.41) is 10.2.